The highest BCUT2D eigenvalue weighted by atomic mass is 16.4. The van der Waals surface area contributed by atoms with E-state index in [9.17, 15) is 14.7 Å². The maximum atomic E-state index is 11.6. The normalized spacial score (nSPS) is 15.4. The second-order valence-corrected chi connectivity index (χ2v) is 4.34. The molecule has 0 radical (unpaired) electrons. The first kappa shape index (κ1) is 15.0. The van der Waals surface area contributed by atoms with Crippen molar-refractivity contribution in [2.24, 2.45) is 7.05 Å². The Morgan fingerprint density at radius 3 is 2.42 bits per heavy atom. The van der Waals surface area contributed by atoms with Crippen molar-refractivity contribution in [2.75, 3.05) is 0 Å². The van der Waals surface area contributed by atoms with E-state index in [1.54, 1.807) is 31.0 Å². The smallest absolute Gasteiger partial charge is 0.328 e. The molecule has 0 saturated heterocycles. The van der Waals surface area contributed by atoms with Gasteiger partial charge in [0.2, 0.25) is 0 Å². The summed E-state index contributed by atoms with van der Waals surface area (Å²) in [6.45, 7) is 3.04. The van der Waals surface area contributed by atoms with Crippen molar-refractivity contribution in [3.8, 4) is 0 Å². The zero-order valence-corrected chi connectivity index (χ0v) is 11.0. The van der Waals surface area contributed by atoms with Crippen LogP contribution in [-0.2, 0) is 11.8 Å². The Morgan fingerprint density at radius 1 is 1.37 bits per heavy atom. The molecule has 0 aliphatic heterocycles. The lowest BCUT2D eigenvalue weighted by Crippen LogP contribution is -2.51. The average molecular weight is 270 g/mol. The first-order chi connectivity index (χ1) is 8.81. The molecule has 1 rings (SSSR count). The third kappa shape index (κ3) is 4.25. The maximum absolute atomic E-state index is 11.6. The average Bonchev–Trinajstić information content (AvgIpc) is 2.72. The van der Waals surface area contributed by atoms with Crippen molar-refractivity contribution in [1.82, 2.24) is 20.4 Å². The van der Waals surface area contributed by atoms with Crippen molar-refractivity contribution in [3.63, 3.8) is 0 Å². The van der Waals surface area contributed by atoms with Gasteiger partial charge in [-0.25, -0.2) is 9.59 Å². The summed E-state index contributed by atoms with van der Waals surface area (Å²) in [6, 6.07) is -2.33. The van der Waals surface area contributed by atoms with E-state index < -0.39 is 24.1 Å². The third-order valence-electron chi connectivity index (χ3n) is 2.61. The summed E-state index contributed by atoms with van der Waals surface area (Å²) < 4.78 is 1.60. The molecule has 0 fully saturated rings. The molecule has 106 valence electrons. The Hall–Kier alpha value is -2.09. The van der Waals surface area contributed by atoms with Gasteiger partial charge in [-0.05, 0) is 13.8 Å². The number of hydrogen-bond donors (Lipinski definition) is 4. The van der Waals surface area contributed by atoms with E-state index in [0.717, 1.165) is 5.56 Å². The van der Waals surface area contributed by atoms with Crippen LogP contribution in [-0.4, -0.2) is 44.1 Å². The van der Waals surface area contributed by atoms with Crippen LogP contribution in [0.4, 0.5) is 4.79 Å². The van der Waals surface area contributed by atoms with Gasteiger partial charge in [-0.3, -0.25) is 4.68 Å². The zero-order valence-electron chi connectivity index (χ0n) is 11.0. The molecule has 2 amide bonds. The van der Waals surface area contributed by atoms with Crippen LogP contribution in [0.15, 0.2) is 12.4 Å². The van der Waals surface area contributed by atoms with E-state index in [1.165, 1.54) is 6.92 Å². The zero-order chi connectivity index (χ0) is 14.6. The van der Waals surface area contributed by atoms with Crippen LogP contribution in [0.2, 0.25) is 0 Å². The van der Waals surface area contributed by atoms with Gasteiger partial charge in [-0.1, -0.05) is 0 Å². The molecule has 8 nitrogen and oxygen atoms in total. The number of aliphatic hydroxyl groups is 1. The van der Waals surface area contributed by atoms with Crippen molar-refractivity contribution in [1.29, 1.82) is 0 Å². The molecule has 1 aromatic rings. The van der Waals surface area contributed by atoms with Gasteiger partial charge in [0.1, 0.15) is 0 Å². The van der Waals surface area contributed by atoms with E-state index in [2.05, 4.69) is 15.7 Å². The van der Waals surface area contributed by atoms with Crippen LogP contribution in [0.5, 0.6) is 0 Å². The third-order valence-corrected chi connectivity index (χ3v) is 2.61. The van der Waals surface area contributed by atoms with Crippen LogP contribution >= 0.6 is 0 Å². The van der Waals surface area contributed by atoms with Crippen molar-refractivity contribution in [2.45, 2.75) is 32.0 Å². The molecule has 0 spiro atoms. The largest absolute Gasteiger partial charge is 0.480 e. The Balaban J connectivity index is 2.57. The number of carboxylic acids is 1. The van der Waals surface area contributed by atoms with Gasteiger partial charge in [-0.2, -0.15) is 5.10 Å². The fraction of sp³-hybridized carbons (Fsp3) is 0.545. The molecule has 3 atom stereocenters. The number of aromatic nitrogens is 2. The maximum Gasteiger partial charge on any atom is 0.328 e. The van der Waals surface area contributed by atoms with Gasteiger partial charge in [0.05, 0.1) is 18.3 Å². The van der Waals surface area contributed by atoms with Crippen molar-refractivity contribution >= 4 is 12.0 Å². The molecular weight excluding hydrogens is 252 g/mol. The molecule has 0 aliphatic carbocycles. The fourth-order valence-corrected chi connectivity index (χ4v) is 1.52. The predicted molar refractivity (Wildman–Crippen MR) is 66.4 cm³/mol. The van der Waals surface area contributed by atoms with Gasteiger partial charge in [0.25, 0.3) is 0 Å². The van der Waals surface area contributed by atoms with Gasteiger partial charge < -0.3 is 20.8 Å². The summed E-state index contributed by atoms with van der Waals surface area (Å²) in [5.74, 6) is -1.29. The van der Waals surface area contributed by atoms with E-state index in [1.807, 2.05) is 0 Å². The second kappa shape index (κ2) is 6.19. The highest BCUT2D eigenvalue weighted by Gasteiger charge is 2.25. The Morgan fingerprint density at radius 2 is 2.00 bits per heavy atom. The number of amides is 2. The lowest BCUT2D eigenvalue weighted by molar-refractivity contribution is -0.141. The predicted octanol–water partition coefficient (Wildman–Crippen LogP) is -0.386. The topological polar surface area (TPSA) is 116 Å². The molecule has 1 unspecified atom stereocenters. The van der Waals surface area contributed by atoms with Crippen LogP contribution in [0, 0.1) is 0 Å². The van der Waals surface area contributed by atoms with Gasteiger partial charge in [-0.15, -0.1) is 0 Å². The van der Waals surface area contributed by atoms with Crippen LogP contribution in [0.25, 0.3) is 0 Å². The number of carbonyl (C=O) groups excluding carboxylic acids is 1. The molecule has 8 heteroatoms. The van der Waals surface area contributed by atoms with E-state index >= 15 is 0 Å². The summed E-state index contributed by atoms with van der Waals surface area (Å²) in [5.41, 5.74) is 0.793. The first-order valence-electron chi connectivity index (χ1n) is 5.77. The molecule has 4 N–H and O–H groups in total. The van der Waals surface area contributed by atoms with Crippen molar-refractivity contribution < 1.29 is 19.8 Å². The first-order valence-corrected chi connectivity index (χ1v) is 5.77. The molecule has 0 aliphatic rings. The molecule has 0 bridgehead atoms. The van der Waals surface area contributed by atoms with Crippen LogP contribution in [0.3, 0.4) is 0 Å². The Labute approximate surface area is 110 Å². The monoisotopic (exact) mass is 270 g/mol. The minimum atomic E-state index is -1.35. The molecule has 19 heavy (non-hydrogen) atoms. The number of aryl methyl sites for hydroxylation is 1. The molecule has 0 saturated carbocycles. The van der Waals surface area contributed by atoms with Gasteiger partial charge >= 0.3 is 12.0 Å². The lowest BCUT2D eigenvalue weighted by Gasteiger charge is -2.19. The number of urea groups is 1. The standard InChI is InChI=1S/C11H18N4O4/c1-6(8-4-12-15(3)5-8)13-11(19)14-9(7(2)16)10(17)18/h4-7,9,16H,1-3H3,(H,17,18)(H2,13,14,19)/t6?,7-,9+/m1/s1. The highest BCUT2D eigenvalue weighted by molar-refractivity contribution is 5.83. The highest BCUT2D eigenvalue weighted by Crippen LogP contribution is 2.09. The minimum absolute atomic E-state index is 0.322. The van der Waals surface area contributed by atoms with E-state index in [4.69, 9.17) is 5.11 Å². The van der Waals surface area contributed by atoms with E-state index in [-0.39, 0.29) is 6.04 Å². The second-order valence-electron chi connectivity index (χ2n) is 4.34. The SMILES string of the molecule is CC(NC(=O)N[C@H](C(=O)O)[C@@H](C)O)c1cnn(C)c1. The number of nitrogens with zero attached hydrogens (tertiary/aromatic N) is 2. The van der Waals surface area contributed by atoms with E-state index in [0.29, 0.717) is 0 Å². The number of carbonyl (C=O) groups is 2. The van der Waals surface area contributed by atoms with Crippen LogP contribution in [0.1, 0.15) is 25.5 Å². The number of nitrogens with one attached hydrogen (secondary N) is 2. The summed E-state index contributed by atoms with van der Waals surface area (Å²) in [4.78, 5) is 22.4. The molecule has 1 aromatic heterocycles. The fourth-order valence-electron chi connectivity index (χ4n) is 1.52. The molecule has 0 aromatic carbocycles. The number of carboxylic acid groups (broad SMARTS) is 1. The summed E-state index contributed by atoms with van der Waals surface area (Å²) in [7, 11) is 1.75. The Kier molecular flexibility index (Phi) is 4.87. The van der Waals surface area contributed by atoms with Crippen LogP contribution < -0.4 is 10.6 Å². The number of rotatable bonds is 5. The minimum Gasteiger partial charge on any atom is -0.480 e. The summed E-state index contributed by atoms with van der Waals surface area (Å²) >= 11 is 0. The Bertz CT molecular complexity index is 457. The summed E-state index contributed by atoms with van der Waals surface area (Å²) in [5, 5.41) is 26.8. The lowest BCUT2D eigenvalue weighted by atomic mass is 10.2. The molecular formula is C11H18N4O4. The quantitative estimate of drug-likeness (QED) is 0.581. The van der Waals surface area contributed by atoms with Crippen molar-refractivity contribution in [3.05, 3.63) is 18.0 Å². The number of aliphatic carboxylic acids is 1. The molecule has 1 heterocycles. The summed E-state index contributed by atoms with van der Waals surface area (Å²) in [6.07, 6.45) is 2.17. The number of aliphatic hydroxyl groups excluding tert-OH is 1. The number of hydrogen-bond acceptors (Lipinski definition) is 4. The van der Waals surface area contributed by atoms with Gasteiger partial charge in [0.15, 0.2) is 6.04 Å². The van der Waals surface area contributed by atoms with Gasteiger partial charge in [0, 0.05) is 18.8 Å².